The smallest absolute Gasteiger partial charge is 0.0345 e. The maximum absolute atomic E-state index is 2.31. The van der Waals surface area contributed by atoms with E-state index < -0.39 is 0 Å². The van der Waals surface area contributed by atoms with Crippen LogP contribution >= 0.6 is 22.7 Å². The second-order valence-electron chi connectivity index (χ2n) is 6.00. The Labute approximate surface area is 152 Å². The van der Waals surface area contributed by atoms with E-state index in [1.807, 2.05) is 22.7 Å². The van der Waals surface area contributed by atoms with E-state index in [4.69, 9.17) is 0 Å². The molecule has 2 heterocycles. The largest absolute Gasteiger partial charge is 0.140 e. The van der Waals surface area contributed by atoms with Crippen LogP contribution in [0, 0.1) is 0 Å². The van der Waals surface area contributed by atoms with Crippen molar-refractivity contribution in [3.05, 3.63) is 70.4 Å². The monoisotopic (exact) mass is 352 g/mol. The van der Waals surface area contributed by atoms with Gasteiger partial charge in [-0.3, -0.25) is 0 Å². The highest BCUT2D eigenvalue weighted by Gasteiger charge is 1.99. The van der Waals surface area contributed by atoms with E-state index in [1.54, 1.807) is 0 Å². The standard InChI is InChI=1S/2C11H12S/c2*1-2-5-10-8-9-6-3-4-7-11(9)12-10/h2*3-4,6-8H,2,5H2,1H3. The summed E-state index contributed by atoms with van der Waals surface area (Å²) in [6.07, 6.45) is 4.93. The predicted molar refractivity (Wildman–Crippen MR) is 112 cm³/mol. The van der Waals surface area contributed by atoms with Crippen LogP contribution < -0.4 is 0 Å². The lowest BCUT2D eigenvalue weighted by Crippen LogP contribution is -1.71. The number of hydrogen-bond acceptors (Lipinski definition) is 2. The van der Waals surface area contributed by atoms with Crippen molar-refractivity contribution >= 4 is 42.8 Å². The summed E-state index contributed by atoms with van der Waals surface area (Å²) in [5.41, 5.74) is 0. The Bertz CT molecular complexity index is 756. The number of hydrogen-bond donors (Lipinski definition) is 0. The molecular weight excluding hydrogens is 328 g/mol. The molecule has 0 radical (unpaired) electrons. The van der Waals surface area contributed by atoms with Crippen LogP contribution in [0.25, 0.3) is 20.2 Å². The molecule has 2 aromatic heterocycles. The van der Waals surface area contributed by atoms with E-state index in [9.17, 15) is 0 Å². The van der Waals surface area contributed by atoms with Crippen LogP contribution in [-0.2, 0) is 12.8 Å². The van der Waals surface area contributed by atoms with E-state index >= 15 is 0 Å². The molecule has 4 aromatic rings. The van der Waals surface area contributed by atoms with Gasteiger partial charge in [-0.15, -0.1) is 22.7 Å². The first kappa shape index (κ1) is 17.2. The molecule has 0 nitrogen and oxygen atoms in total. The summed E-state index contributed by atoms with van der Waals surface area (Å²) in [5, 5.41) is 2.79. The maximum atomic E-state index is 2.31. The van der Waals surface area contributed by atoms with Crippen LogP contribution in [-0.4, -0.2) is 0 Å². The van der Waals surface area contributed by atoms with Crippen LogP contribution in [0.5, 0.6) is 0 Å². The van der Waals surface area contributed by atoms with Gasteiger partial charge >= 0.3 is 0 Å². The van der Waals surface area contributed by atoms with Crippen molar-refractivity contribution in [1.29, 1.82) is 0 Å². The van der Waals surface area contributed by atoms with E-state index in [0.29, 0.717) is 0 Å². The Morgan fingerprint density at radius 2 is 1.04 bits per heavy atom. The average molecular weight is 353 g/mol. The normalized spacial score (nSPS) is 10.8. The van der Waals surface area contributed by atoms with Crippen LogP contribution in [0.4, 0.5) is 0 Å². The first-order valence-electron chi connectivity index (χ1n) is 8.75. The van der Waals surface area contributed by atoms with Gasteiger partial charge in [0.1, 0.15) is 0 Å². The zero-order valence-corrected chi connectivity index (χ0v) is 16.1. The van der Waals surface area contributed by atoms with Gasteiger partial charge in [0.2, 0.25) is 0 Å². The summed E-state index contributed by atoms with van der Waals surface area (Å²) in [7, 11) is 0. The number of fused-ring (bicyclic) bond motifs is 2. The van der Waals surface area contributed by atoms with Gasteiger partial charge in [-0.1, -0.05) is 63.1 Å². The van der Waals surface area contributed by atoms with Crippen molar-refractivity contribution < 1.29 is 0 Å². The summed E-state index contributed by atoms with van der Waals surface area (Å²) < 4.78 is 2.84. The van der Waals surface area contributed by atoms with E-state index in [1.165, 1.54) is 55.6 Å². The van der Waals surface area contributed by atoms with E-state index in [0.717, 1.165) is 0 Å². The molecule has 0 saturated carbocycles. The second-order valence-corrected chi connectivity index (χ2v) is 8.34. The summed E-state index contributed by atoms with van der Waals surface area (Å²) in [4.78, 5) is 3.03. The van der Waals surface area contributed by atoms with Gasteiger partial charge in [0.15, 0.2) is 0 Å². The molecule has 24 heavy (non-hydrogen) atoms. The molecule has 2 aromatic carbocycles. The Morgan fingerprint density at radius 3 is 1.42 bits per heavy atom. The van der Waals surface area contributed by atoms with Crippen molar-refractivity contribution in [3.63, 3.8) is 0 Å². The summed E-state index contributed by atoms with van der Waals surface area (Å²) in [5.74, 6) is 0. The predicted octanol–water partition coefficient (Wildman–Crippen LogP) is 7.71. The van der Waals surface area contributed by atoms with Crippen molar-refractivity contribution in [3.8, 4) is 0 Å². The van der Waals surface area contributed by atoms with Crippen molar-refractivity contribution in [1.82, 2.24) is 0 Å². The highest BCUT2D eigenvalue weighted by Crippen LogP contribution is 2.26. The zero-order valence-electron chi connectivity index (χ0n) is 14.4. The van der Waals surface area contributed by atoms with Gasteiger partial charge in [-0.2, -0.15) is 0 Å². The van der Waals surface area contributed by atoms with Crippen molar-refractivity contribution in [2.24, 2.45) is 0 Å². The fourth-order valence-electron chi connectivity index (χ4n) is 2.81. The minimum atomic E-state index is 1.22. The maximum Gasteiger partial charge on any atom is 0.0345 e. The first-order chi connectivity index (χ1) is 11.8. The first-order valence-corrected chi connectivity index (χ1v) is 10.4. The molecule has 0 bridgehead atoms. The third-order valence-corrected chi connectivity index (χ3v) is 6.30. The van der Waals surface area contributed by atoms with Crippen LogP contribution in [0.15, 0.2) is 60.7 Å². The zero-order chi connectivity index (χ0) is 16.8. The highest BCUT2D eigenvalue weighted by atomic mass is 32.1. The SMILES string of the molecule is CCCc1cc2ccccc2s1.CCCc1cc2ccccc2s1. The Hall–Kier alpha value is -1.64. The minimum absolute atomic E-state index is 1.22. The molecule has 124 valence electrons. The molecule has 0 saturated heterocycles. The van der Waals surface area contributed by atoms with Gasteiger partial charge in [-0.25, -0.2) is 0 Å². The van der Waals surface area contributed by atoms with Crippen LogP contribution in [0.2, 0.25) is 0 Å². The molecular formula is C22H24S2. The molecule has 0 fully saturated rings. The van der Waals surface area contributed by atoms with Gasteiger partial charge in [0, 0.05) is 19.2 Å². The molecule has 0 aliphatic heterocycles. The van der Waals surface area contributed by atoms with Gasteiger partial charge < -0.3 is 0 Å². The average Bonchev–Trinajstić information content (AvgIpc) is 3.18. The lowest BCUT2D eigenvalue weighted by atomic mass is 10.2. The molecule has 0 atom stereocenters. The molecule has 0 N–H and O–H groups in total. The summed E-state index contributed by atoms with van der Waals surface area (Å²) in [6, 6.07) is 21.8. The lowest BCUT2D eigenvalue weighted by Gasteiger charge is -1.86. The van der Waals surface area contributed by atoms with Gasteiger partial charge in [-0.05, 0) is 47.9 Å². The molecule has 4 rings (SSSR count). The van der Waals surface area contributed by atoms with E-state index in [-0.39, 0.29) is 0 Å². The third-order valence-electron chi connectivity index (χ3n) is 3.95. The number of thiophene rings is 2. The molecule has 0 aliphatic carbocycles. The Morgan fingerprint density at radius 1 is 0.625 bits per heavy atom. The summed E-state index contributed by atoms with van der Waals surface area (Å²) in [6.45, 7) is 4.45. The van der Waals surface area contributed by atoms with Gasteiger partial charge in [0.25, 0.3) is 0 Å². The number of rotatable bonds is 4. The number of benzene rings is 2. The molecule has 2 heteroatoms. The Balaban J connectivity index is 0.000000141. The van der Waals surface area contributed by atoms with Crippen LogP contribution in [0.3, 0.4) is 0 Å². The van der Waals surface area contributed by atoms with Crippen LogP contribution in [0.1, 0.15) is 36.4 Å². The third kappa shape index (κ3) is 4.25. The molecule has 0 spiro atoms. The van der Waals surface area contributed by atoms with Crippen molar-refractivity contribution in [2.75, 3.05) is 0 Å². The summed E-state index contributed by atoms with van der Waals surface area (Å²) >= 11 is 3.84. The molecule has 0 aliphatic rings. The second kappa shape index (κ2) is 8.46. The minimum Gasteiger partial charge on any atom is -0.140 e. The lowest BCUT2D eigenvalue weighted by molar-refractivity contribution is 0.940. The molecule has 0 unspecified atom stereocenters. The molecule has 0 amide bonds. The van der Waals surface area contributed by atoms with Crippen molar-refractivity contribution in [2.45, 2.75) is 39.5 Å². The topological polar surface area (TPSA) is 0 Å². The number of aryl methyl sites for hydroxylation is 2. The van der Waals surface area contributed by atoms with E-state index in [2.05, 4.69) is 74.5 Å². The van der Waals surface area contributed by atoms with Gasteiger partial charge in [0.05, 0.1) is 0 Å². The quantitative estimate of drug-likeness (QED) is 0.353. The fourth-order valence-corrected chi connectivity index (χ4v) is 5.14. The Kier molecular flexibility index (Phi) is 6.06. The highest BCUT2D eigenvalue weighted by molar-refractivity contribution is 7.19. The fraction of sp³-hybridized carbons (Fsp3) is 0.273.